The first-order valence-corrected chi connectivity index (χ1v) is 8.23. The van der Waals surface area contributed by atoms with Crippen molar-refractivity contribution in [3.63, 3.8) is 0 Å². The molecular formula is C18H29NO. The van der Waals surface area contributed by atoms with Gasteiger partial charge in [-0.25, -0.2) is 0 Å². The van der Waals surface area contributed by atoms with E-state index >= 15 is 0 Å². The minimum absolute atomic E-state index is 0.403. The molecule has 1 aromatic rings. The van der Waals surface area contributed by atoms with Crippen LogP contribution in [0.1, 0.15) is 76.7 Å². The number of carbonyl (C=O) groups excluding carboxylic acids is 1. The van der Waals surface area contributed by atoms with Crippen LogP contribution in [-0.2, 0) is 11.2 Å². The molecule has 0 spiro atoms. The monoisotopic (exact) mass is 275 g/mol. The Kier molecular flexibility index (Phi) is 9.81. The Bertz CT molecular complexity index is 348. The van der Waals surface area contributed by atoms with Crippen LogP contribution in [0.5, 0.6) is 0 Å². The average molecular weight is 275 g/mol. The molecule has 1 rings (SSSR count). The first-order chi connectivity index (χ1) is 9.83. The zero-order valence-electron chi connectivity index (χ0n) is 12.9. The van der Waals surface area contributed by atoms with Gasteiger partial charge < -0.3 is 0 Å². The van der Waals surface area contributed by atoms with Crippen molar-refractivity contribution in [1.82, 2.24) is 4.98 Å². The maximum Gasteiger partial charge on any atom is 0.133 e. The number of carbonyl (C=O) groups is 1. The summed E-state index contributed by atoms with van der Waals surface area (Å²) < 4.78 is 0. The van der Waals surface area contributed by atoms with Crippen LogP contribution in [0.3, 0.4) is 0 Å². The second-order valence-electron chi connectivity index (χ2n) is 5.62. The SMILES string of the molecule is CCCCCCCCCCC(=O)CCc1cccnc1. The number of unbranched alkanes of at least 4 members (excludes halogenated alkanes) is 7. The van der Waals surface area contributed by atoms with E-state index in [0.29, 0.717) is 12.2 Å². The van der Waals surface area contributed by atoms with Crippen molar-refractivity contribution in [3.05, 3.63) is 30.1 Å². The summed E-state index contributed by atoms with van der Waals surface area (Å²) in [6.45, 7) is 2.25. The number of Topliss-reactive ketones (excluding diaryl/α,β-unsaturated/α-hetero) is 1. The molecule has 0 aliphatic carbocycles. The highest BCUT2D eigenvalue weighted by molar-refractivity contribution is 5.78. The predicted molar refractivity (Wildman–Crippen MR) is 84.8 cm³/mol. The van der Waals surface area contributed by atoms with Crippen LogP contribution in [0.2, 0.25) is 0 Å². The Balaban J connectivity index is 1.93. The van der Waals surface area contributed by atoms with Crippen LogP contribution in [-0.4, -0.2) is 10.8 Å². The zero-order chi connectivity index (χ0) is 14.5. The van der Waals surface area contributed by atoms with E-state index < -0.39 is 0 Å². The predicted octanol–water partition coefficient (Wildman–Crippen LogP) is 5.11. The van der Waals surface area contributed by atoms with E-state index in [4.69, 9.17) is 0 Å². The van der Waals surface area contributed by atoms with Crippen molar-refractivity contribution >= 4 is 5.78 Å². The summed E-state index contributed by atoms with van der Waals surface area (Å²) in [6, 6.07) is 3.97. The molecule has 0 aliphatic rings. The molecule has 0 fully saturated rings. The van der Waals surface area contributed by atoms with Gasteiger partial charge in [-0.05, 0) is 24.5 Å². The fourth-order valence-corrected chi connectivity index (χ4v) is 2.41. The van der Waals surface area contributed by atoms with Crippen molar-refractivity contribution in [2.24, 2.45) is 0 Å². The normalized spacial score (nSPS) is 10.7. The molecule has 0 amide bonds. The van der Waals surface area contributed by atoms with Gasteiger partial charge in [0.1, 0.15) is 5.78 Å². The number of ketones is 1. The summed E-state index contributed by atoms with van der Waals surface area (Å²) in [4.78, 5) is 15.8. The van der Waals surface area contributed by atoms with Gasteiger partial charge in [-0.15, -0.1) is 0 Å². The molecule has 0 aromatic carbocycles. The van der Waals surface area contributed by atoms with E-state index in [1.807, 2.05) is 18.3 Å². The van der Waals surface area contributed by atoms with Gasteiger partial charge in [-0.3, -0.25) is 9.78 Å². The Morgan fingerprint density at radius 2 is 1.70 bits per heavy atom. The third-order valence-electron chi connectivity index (χ3n) is 3.72. The summed E-state index contributed by atoms with van der Waals surface area (Å²) in [5, 5.41) is 0. The largest absolute Gasteiger partial charge is 0.300 e. The van der Waals surface area contributed by atoms with Gasteiger partial charge in [0.05, 0.1) is 0 Å². The fourth-order valence-electron chi connectivity index (χ4n) is 2.41. The lowest BCUT2D eigenvalue weighted by atomic mass is 10.0. The first-order valence-electron chi connectivity index (χ1n) is 8.23. The summed E-state index contributed by atoms with van der Waals surface area (Å²) in [7, 11) is 0. The number of aromatic nitrogens is 1. The quantitative estimate of drug-likeness (QED) is 0.496. The molecule has 0 saturated carbocycles. The smallest absolute Gasteiger partial charge is 0.133 e. The molecule has 0 aliphatic heterocycles. The summed E-state index contributed by atoms with van der Waals surface area (Å²) >= 11 is 0. The topological polar surface area (TPSA) is 30.0 Å². The van der Waals surface area contributed by atoms with Crippen molar-refractivity contribution in [2.75, 3.05) is 0 Å². The second-order valence-corrected chi connectivity index (χ2v) is 5.62. The minimum atomic E-state index is 0.403. The number of hydrogen-bond donors (Lipinski definition) is 0. The zero-order valence-corrected chi connectivity index (χ0v) is 12.9. The van der Waals surface area contributed by atoms with Crippen molar-refractivity contribution in [2.45, 2.75) is 77.6 Å². The third kappa shape index (κ3) is 8.84. The molecule has 2 heteroatoms. The molecular weight excluding hydrogens is 246 g/mol. The van der Waals surface area contributed by atoms with Crippen LogP contribution in [0, 0.1) is 0 Å². The Labute approximate surface area is 124 Å². The van der Waals surface area contributed by atoms with E-state index in [2.05, 4.69) is 11.9 Å². The summed E-state index contributed by atoms with van der Waals surface area (Å²) in [5.41, 5.74) is 1.16. The van der Waals surface area contributed by atoms with Gasteiger partial charge in [0.15, 0.2) is 0 Å². The number of pyridine rings is 1. The standard InChI is InChI=1S/C18H29NO/c1-2-3-4-5-6-7-8-9-12-18(20)14-13-17-11-10-15-19-16-17/h10-11,15-16H,2-9,12-14H2,1H3. The second kappa shape index (κ2) is 11.6. The van der Waals surface area contributed by atoms with E-state index in [1.54, 1.807) is 6.20 Å². The van der Waals surface area contributed by atoms with Gasteiger partial charge in [-0.1, -0.05) is 57.9 Å². The van der Waals surface area contributed by atoms with E-state index in [1.165, 1.54) is 44.9 Å². The van der Waals surface area contributed by atoms with Crippen LogP contribution < -0.4 is 0 Å². The van der Waals surface area contributed by atoms with E-state index in [0.717, 1.165) is 24.8 Å². The molecule has 0 bridgehead atoms. The molecule has 20 heavy (non-hydrogen) atoms. The van der Waals surface area contributed by atoms with Crippen LogP contribution in [0.15, 0.2) is 24.5 Å². The minimum Gasteiger partial charge on any atom is -0.300 e. The van der Waals surface area contributed by atoms with Crippen molar-refractivity contribution < 1.29 is 4.79 Å². The number of rotatable bonds is 12. The molecule has 1 heterocycles. The van der Waals surface area contributed by atoms with Crippen LogP contribution in [0.25, 0.3) is 0 Å². The lowest BCUT2D eigenvalue weighted by molar-refractivity contribution is -0.119. The van der Waals surface area contributed by atoms with Crippen molar-refractivity contribution in [1.29, 1.82) is 0 Å². The highest BCUT2D eigenvalue weighted by Gasteiger charge is 2.02. The molecule has 0 N–H and O–H groups in total. The molecule has 1 aromatic heterocycles. The highest BCUT2D eigenvalue weighted by Crippen LogP contribution is 2.11. The third-order valence-corrected chi connectivity index (χ3v) is 3.72. The molecule has 0 unspecified atom stereocenters. The molecule has 0 saturated heterocycles. The van der Waals surface area contributed by atoms with E-state index in [9.17, 15) is 4.79 Å². The number of aryl methyl sites for hydroxylation is 1. The first kappa shape index (κ1) is 16.9. The van der Waals surface area contributed by atoms with Gasteiger partial charge in [0.2, 0.25) is 0 Å². The van der Waals surface area contributed by atoms with Gasteiger partial charge >= 0.3 is 0 Å². The lowest BCUT2D eigenvalue weighted by Crippen LogP contribution is -2.00. The van der Waals surface area contributed by atoms with Gasteiger partial charge in [-0.2, -0.15) is 0 Å². The van der Waals surface area contributed by atoms with Crippen LogP contribution >= 0.6 is 0 Å². The molecule has 112 valence electrons. The summed E-state index contributed by atoms with van der Waals surface area (Å²) in [6.07, 6.45) is 16.2. The van der Waals surface area contributed by atoms with Gasteiger partial charge in [0.25, 0.3) is 0 Å². The molecule has 0 atom stereocenters. The van der Waals surface area contributed by atoms with Crippen molar-refractivity contribution in [3.8, 4) is 0 Å². The Morgan fingerprint density at radius 3 is 2.35 bits per heavy atom. The Morgan fingerprint density at radius 1 is 1.00 bits per heavy atom. The summed E-state index contributed by atoms with van der Waals surface area (Å²) in [5.74, 6) is 0.403. The van der Waals surface area contributed by atoms with Gasteiger partial charge in [0, 0.05) is 25.2 Å². The molecule has 2 nitrogen and oxygen atoms in total. The Hall–Kier alpha value is -1.18. The number of hydrogen-bond acceptors (Lipinski definition) is 2. The maximum absolute atomic E-state index is 11.8. The fraction of sp³-hybridized carbons (Fsp3) is 0.667. The van der Waals surface area contributed by atoms with Crippen LogP contribution in [0.4, 0.5) is 0 Å². The lowest BCUT2D eigenvalue weighted by Gasteiger charge is -2.02. The maximum atomic E-state index is 11.8. The van der Waals surface area contributed by atoms with E-state index in [-0.39, 0.29) is 0 Å². The number of nitrogens with zero attached hydrogens (tertiary/aromatic N) is 1. The highest BCUT2D eigenvalue weighted by atomic mass is 16.1. The average Bonchev–Trinajstić information content (AvgIpc) is 2.49. The molecule has 0 radical (unpaired) electrons.